The van der Waals surface area contributed by atoms with Gasteiger partial charge in [0.25, 0.3) is 5.91 Å². The van der Waals surface area contributed by atoms with Crippen LogP contribution >= 0.6 is 0 Å². The summed E-state index contributed by atoms with van der Waals surface area (Å²) < 4.78 is 23.5. The molecule has 0 radical (unpaired) electrons. The number of furan rings is 1. The fourth-order valence-electron chi connectivity index (χ4n) is 2.44. The van der Waals surface area contributed by atoms with Crippen LogP contribution in [0.15, 0.2) is 65.1 Å². The smallest absolute Gasteiger partial charge is 0.374 e. The number of ether oxygens (including phenoxy) is 1. The van der Waals surface area contributed by atoms with Gasteiger partial charge in [0.2, 0.25) is 5.76 Å². The molecular weight excluding hydrogens is 365 g/mol. The third-order valence-electron chi connectivity index (χ3n) is 3.83. The van der Waals surface area contributed by atoms with E-state index in [1.807, 2.05) is 0 Å². The Hall–Kier alpha value is -3.74. The van der Waals surface area contributed by atoms with E-state index in [9.17, 15) is 18.8 Å². The number of ketones is 1. The largest absolute Gasteiger partial charge is 0.450 e. The summed E-state index contributed by atoms with van der Waals surface area (Å²) in [6.45, 7) is 0.930. The molecule has 0 saturated carbocycles. The number of Topliss-reactive ketones (excluding diaryl/α,β-unsaturated/α-hetero) is 1. The molecule has 3 rings (SSSR count). The number of carbonyl (C=O) groups excluding carboxylic acids is 3. The molecule has 0 fully saturated rings. The SMILES string of the molecule is CC(=O)c1ccc(-c2ccc(C(=O)OCC(=O)Nc3cccc(F)c3)o2)cc1. The minimum atomic E-state index is -0.805. The zero-order valence-corrected chi connectivity index (χ0v) is 14.9. The van der Waals surface area contributed by atoms with E-state index in [1.54, 1.807) is 30.3 Å². The quantitative estimate of drug-likeness (QED) is 0.514. The van der Waals surface area contributed by atoms with E-state index in [2.05, 4.69) is 5.32 Å². The highest BCUT2D eigenvalue weighted by Crippen LogP contribution is 2.23. The van der Waals surface area contributed by atoms with Crippen molar-refractivity contribution in [3.63, 3.8) is 0 Å². The summed E-state index contributed by atoms with van der Waals surface area (Å²) in [5, 5.41) is 2.42. The minimum absolute atomic E-state index is 0.0493. The molecule has 6 nitrogen and oxygen atoms in total. The van der Waals surface area contributed by atoms with Gasteiger partial charge in [-0.2, -0.15) is 0 Å². The summed E-state index contributed by atoms with van der Waals surface area (Å²) in [5.74, 6) is -1.59. The van der Waals surface area contributed by atoms with Crippen LogP contribution in [0.2, 0.25) is 0 Å². The van der Waals surface area contributed by atoms with Crippen LogP contribution in [-0.2, 0) is 9.53 Å². The topological polar surface area (TPSA) is 85.6 Å². The standard InChI is InChI=1S/C21H16FNO5/c1-13(24)14-5-7-15(8-6-14)18-9-10-19(28-18)21(26)27-12-20(25)23-17-4-2-3-16(22)11-17/h2-11H,12H2,1H3,(H,23,25). The Bertz CT molecular complexity index is 1020. The molecule has 142 valence electrons. The molecule has 1 heterocycles. The number of rotatable bonds is 6. The number of nitrogens with one attached hydrogen (secondary N) is 1. The Morgan fingerprint density at radius 3 is 2.46 bits per heavy atom. The lowest BCUT2D eigenvalue weighted by molar-refractivity contribution is -0.119. The van der Waals surface area contributed by atoms with Gasteiger partial charge in [-0.15, -0.1) is 0 Å². The Balaban J connectivity index is 1.58. The van der Waals surface area contributed by atoms with E-state index in [-0.39, 0.29) is 17.2 Å². The van der Waals surface area contributed by atoms with Crippen LogP contribution in [0, 0.1) is 5.82 Å². The van der Waals surface area contributed by atoms with Crippen molar-refractivity contribution in [3.05, 3.63) is 77.8 Å². The van der Waals surface area contributed by atoms with Crippen molar-refractivity contribution in [3.8, 4) is 11.3 Å². The maximum Gasteiger partial charge on any atom is 0.374 e. The average Bonchev–Trinajstić information content (AvgIpc) is 3.16. The van der Waals surface area contributed by atoms with Gasteiger partial charge >= 0.3 is 5.97 Å². The zero-order valence-electron chi connectivity index (χ0n) is 14.9. The first-order chi connectivity index (χ1) is 13.4. The van der Waals surface area contributed by atoms with Crippen molar-refractivity contribution in [1.82, 2.24) is 0 Å². The first kappa shape index (κ1) is 19.0. The number of carbonyl (C=O) groups is 3. The Morgan fingerprint density at radius 1 is 1.04 bits per heavy atom. The third kappa shape index (κ3) is 4.70. The molecular formula is C21H16FNO5. The second-order valence-corrected chi connectivity index (χ2v) is 5.93. The molecule has 1 amide bonds. The summed E-state index contributed by atoms with van der Waals surface area (Å²) in [4.78, 5) is 35.2. The highest BCUT2D eigenvalue weighted by atomic mass is 19.1. The van der Waals surface area contributed by atoms with Gasteiger partial charge in [0.1, 0.15) is 11.6 Å². The number of esters is 1. The van der Waals surface area contributed by atoms with Crippen molar-refractivity contribution >= 4 is 23.3 Å². The minimum Gasteiger partial charge on any atom is -0.450 e. The van der Waals surface area contributed by atoms with Gasteiger partial charge in [-0.1, -0.05) is 30.3 Å². The van der Waals surface area contributed by atoms with Crippen molar-refractivity contribution < 1.29 is 27.9 Å². The lowest BCUT2D eigenvalue weighted by Crippen LogP contribution is -2.20. The summed E-state index contributed by atoms with van der Waals surface area (Å²) in [6.07, 6.45) is 0. The molecule has 0 saturated heterocycles. The Kier molecular flexibility index (Phi) is 5.64. The molecule has 1 N–H and O–H groups in total. The second kappa shape index (κ2) is 8.30. The molecule has 7 heteroatoms. The second-order valence-electron chi connectivity index (χ2n) is 5.93. The molecule has 0 aliphatic heterocycles. The molecule has 0 spiro atoms. The average molecular weight is 381 g/mol. The number of amides is 1. The monoisotopic (exact) mass is 381 g/mol. The molecule has 0 unspecified atom stereocenters. The number of benzene rings is 2. The summed E-state index contributed by atoms with van der Waals surface area (Å²) in [7, 11) is 0. The number of anilines is 1. The zero-order chi connectivity index (χ0) is 20.1. The van der Waals surface area contributed by atoms with E-state index in [0.717, 1.165) is 6.07 Å². The summed E-state index contributed by atoms with van der Waals surface area (Å²) >= 11 is 0. The predicted octanol–water partition coefficient (Wildman–Crippen LogP) is 4.08. The van der Waals surface area contributed by atoms with Crippen molar-refractivity contribution in [2.75, 3.05) is 11.9 Å². The van der Waals surface area contributed by atoms with Crippen LogP contribution in [0.5, 0.6) is 0 Å². The van der Waals surface area contributed by atoms with Crippen LogP contribution in [0.25, 0.3) is 11.3 Å². The van der Waals surface area contributed by atoms with Gasteiger partial charge in [-0.3, -0.25) is 9.59 Å². The summed E-state index contributed by atoms with van der Waals surface area (Å²) in [6, 6.07) is 15.1. The number of hydrogen-bond acceptors (Lipinski definition) is 5. The normalized spacial score (nSPS) is 10.4. The maximum absolute atomic E-state index is 13.1. The number of hydrogen-bond donors (Lipinski definition) is 1. The molecule has 1 aromatic heterocycles. The van der Waals surface area contributed by atoms with Crippen LogP contribution in [0.1, 0.15) is 27.8 Å². The maximum atomic E-state index is 13.1. The van der Waals surface area contributed by atoms with E-state index in [0.29, 0.717) is 16.9 Å². The van der Waals surface area contributed by atoms with E-state index in [1.165, 1.54) is 31.2 Å². The molecule has 0 bridgehead atoms. The van der Waals surface area contributed by atoms with Crippen LogP contribution in [0.3, 0.4) is 0 Å². The molecule has 3 aromatic rings. The first-order valence-corrected chi connectivity index (χ1v) is 8.36. The first-order valence-electron chi connectivity index (χ1n) is 8.36. The van der Waals surface area contributed by atoms with Gasteiger partial charge in [0.15, 0.2) is 12.4 Å². The van der Waals surface area contributed by atoms with Crippen molar-refractivity contribution in [2.45, 2.75) is 6.92 Å². The highest BCUT2D eigenvalue weighted by Gasteiger charge is 2.16. The Labute approximate surface area is 159 Å². The fourth-order valence-corrected chi connectivity index (χ4v) is 2.44. The Morgan fingerprint density at radius 2 is 1.79 bits per heavy atom. The lowest BCUT2D eigenvalue weighted by Gasteiger charge is -2.05. The van der Waals surface area contributed by atoms with Gasteiger partial charge < -0.3 is 14.5 Å². The molecule has 0 aliphatic carbocycles. The summed E-state index contributed by atoms with van der Waals surface area (Å²) in [5.41, 5.74) is 1.52. The van der Waals surface area contributed by atoms with Crippen LogP contribution in [-0.4, -0.2) is 24.3 Å². The predicted molar refractivity (Wildman–Crippen MR) is 99.5 cm³/mol. The lowest BCUT2D eigenvalue weighted by atomic mass is 10.1. The van der Waals surface area contributed by atoms with E-state index in [4.69, 9.17) is 9.15 Å². The number of halogens is 1. The van der Waals surface area contributed by atoms with E-state index < -0.39 is 24.3 Å². The van der Waals surface area contributed by atoms with Crippen LogP contribution in [0.4, 0.5) is 10.1 Å². The van der Waals surface area contributed by atoms with Gasteiger partial charge in [-0.25, -0.2) is 9.18 Å². The molecule has 28 heavy (non-hydrogen) atoms. The highest BCUT2D eigenvalue weighted by molar-refractivity contribution is 5.95. The van der Waals surface area contributed by atoms with Gasteiger partial charge in [0, 0.05) is 16.8 Å². The molecule has 0 aliphatic rings. The van der Waals surface area contributed by atoms with Gasteiger partial charge in [0.05, 0.1) is 0 Å². The third-order valence-corrected chi connectivity index (χ3v) is 3.83. The fraction of sp³-hybridized carbons (Fsp3) is 0.0952. The van der Waals surface area contributed by atoms with Crippen molar-refractivity contribution in [2.24, 2.45) is 0 Å². The van der Waals surface area contributed by atoms with Gasteiger partial charge in [-0.05, 0) is 37.3 Å². The molecule has 0 atom stereocenters. The molecule has 2 aromatic carbocycles. The van der Waals surface area contributed by atoms with Crippen molar-refractivity contribution in [1.29, 1.82) is 0 Å². The van der Waals surface area contributed by atoms with Crippen LogP contribution < -0.4 is 5.32 Å². The van der Waals surface area contributed by atoms with E-state index >= 15 is 0 Å².